The molecule has 5 heteroatoms. The zero-order valence-electron chi connectivity index (χ0n) is 7.36. The van der Waals surface area contributed by atoms with E-state index in [4.69, 9.17) is 10.2 Å². The Labute approximate surface area is 76.0 Å². The second-order valence-electron chi connectivity index (χ2n) is 2.35. The van der Waals surface area contributed by atoms with Gasteiger partial charge < -0.3 is 10.2 Å². The maximum absolute atomic E-state index is 10.0. The minimum atomic E-state index is -1.16. The van der Waals surface area contributed by atoms with E-state index in [-0.39, 0.29) is 0 Å². The molecular weight excluding hydrogens is 154 g/mol. The van der Waals surface area contributed by atoms with Gasteiger partial charge in [0.15, 0.2) is 6.10 Å². The number of hydrogen-bond acceptors (Lipinski definition) is 2. The largest absolute Gasteiger partial charge is 0.479 e. The monoisotopic (exact) mass is 168 g/mol. The average molecular weight is 168 g/mol. The predicted molar refractivity (Wildman–Crippen MR) is 49.3 cm³/mol. The molecule has 4 radical (unpaired) electrons. The summed E-state index contributed by atoms with van der Waals surface area (Å²) in [6.45, 7) is 2.03. The van der Waals surface area contributed by atoms with Gasteiger partial charge in [0.2, 0.25) is 0 Å². The molecule has 0 heterocycles. The van der Waals surface area contributed by atoms with E-state index in [0.717, 1.165) is 19.3 Å². The van der Waals surface area contributed by atoms with Gasteiger partial charge in [0.05, 0.1) is 0 Å². The summed E-state index contributed by atoms with van der Waals surface area (Å²) in [5, 5.41) is 17.0. The van der Waals surface area contributed by atoms with Crippen LogP contribution in [0.5, 0.6) is 0 Å². The summed E-state index contributed by atoms with van der Waals surface area (Å²) in [6, 6.07) is 0. The molecule has 0 aliphatic rings. The molecular formula is C7H14B2O3. The Hall–Kier alpha value is -0.440. The van der Waals surface area contributed by atoms with Gasteiger partial charge in [-0.2, -0.15) is 0 Å². The fraction of sp³-hybridized carbons (Fsp3) is 0.857. The van der Waals surface area contributed by atoms with Gasteiger partial charge in [-0.1, -0.05) is 26.2 Å². The smallest absolute Gasteiger partial charge is 0.332 e. The van der Waals surface area contributed by atoms with Crippen LogP contribution in [0.15, 0.2) is 0 Å². The van der Waals surface area contributed by atoms with Gasteiger partial charge in [-0.25, -0.2) is 4.79 Å². The maximum Gasteiger partial charge on any atom is 0.332 e. The van der Waals surface area contributed by atoms with Crippen molar-refractivity contribution in [1.29, 1.82) is 0 Å². The van der Waals surface area contributed by atoms with Crippen LogP contribution in [0.2, 0.25) is 0 Å². The lowest BCUT2D eigenvalue weighted by atomic mass is 9.81. The number of aliphatic carboxylic acids is 1. The first-order valence-electron chi connectivity index (χ1n) is 3.92. The highest BCUT2D eigenvalue weighted by Crippen LogP contribution is 2.02. The van der Waals surface area contributed by atoms with Crippen molar-refractivity contribution < 1.29 is 15.0 Å². The van der Waals surface area contributed by atoms with E-state index in [1.807, 2.05) is 6.92 Å². The standard InChI is InChI=1S/C7H14O3.B2/c1-2-3-4-5-6(8)7(9)10;1-2/h6,8H,2-5H2,1H3,(H,9,10);. The van der Waals surface area contributed by atoms with Crippen molar-refractivity contribution in [2.24, 2.45) is 0 Å². The van der Waals surface area contributed by atoms with Crippen LogP contribution in [0.3, 0.4) is 0 Å². The molecule has 0 aliphatic heterocycles. The Kier molecular flexibility index (Phi) is 12.4. The molecule has 0 spiro atoms. The molecule has 2 N–H and O–H groups in total. The number of rotatable bonds is 5. The fourth-order valence-corrected chi connectivity index (χ4v) is 0.711. The van der Waals surface area contributed by atoms with Gasteiger partial charge in [-0.15, -0.1) is 0 Å². The average Bonchev–Trinajstić information content (AvgIpc) is 2.08. The van der Waals surface area contributed by atoms with E-state index >= 15 is 0 Å². The Balaban J connectivity index is 0. The highest BCUT2D eigenvalue weighted by atomic mass is 16.4. The molecule has 12 heavy (non-hydrogen) atoms. The molecule has 0 rings (SSSR count). The normalized spacial score (nSPS) is 11.2. The number of carboxylic acid groups (broad SMARTS) is 1. The van der Waals surface area contributed by atoms with Crippen LogP contribution in [0.25, 0.3) is 0 Å². The summed E-state index contributed by atoms with van der Waals surface area (Å²) in [6.07, 6.45) is 2.05. The molecule has 0 fully saturated rings. The van der Waals surface area contributed by atoms with Crippen LogP contribution in [-0.2, 0) is 4.79 Å². The minimum Gasteiger partial charge on any atom is -0.479 e. The third-order valence-electron chi connectivity index (χ3n) is 1.37. The lowest BCUT2D eigenvalue weighted by Crippen LogP contribution is -2.18. The molecule has 0 bridgehead atoms. The highest BCUT2D eigenvalue weighted by molar-refractivity contribution is 6.75. The van der Waals surface area contributed by atoms with E-state index in [1.54, 1.807) is 0 Å². The van der Waals surface area contributed by atoms with Crippen LogP contribution in [0.1, 0.15) is 32.6 Å². The molecule has 66 valence electrons. The van der Waals surface area contributed by atoms with Crippen molar-refractivity contribution in [1.82, 2.24) is 0 Å². The van der Waals surface area contributed by atoms with Crippen molar-refractivity contribution >= 4 is 21.4 Å². The summed E-state index contributed by atoms with van der Waals surface area (Å²) in [5.74, 6) is -1.11. The second kappa shape index (κ2) is 10.6. The molecule has 0 saturated heterocycles. The first kappa shape index (κ1) is 14.1. The highest BCUT2D eigenvalue weighted by Gasteiger charge is 2.10. The van der Waals surface area contributed by atoms with E-state index in [9.17, 15) is 4.79 Å². The van der Waals surface area contributed by atoms with Crippen LogP contribution >= 0.6 is 0 Å². The van der Waals surface area contributed by atoms with Gasteiger partial charge in [-0.05, 0) is 6.42 Å². The molecule has 1 atom stereocenters. The Morgan fingerprint density at radius 3 is 2.25 bits per heavy atom. The second-order valence-corrected chi connectivity index (χ2v) is 2.35. The summed E-state index contributed by atoms with van der Waals surface area (Å²) in [7, 11) is 8.00. The first-order chi connectivity index (χ1) is 5.68. The van der Waals surface area contributed by atoms with E-state index in [2.05, 4.69) is 15.5 Å². The van der Waals surface area contributed by atoms with Crippen LogP contribution in [-0.4, -0.2) is 37.8 Å². The minimum absolute atomic E-state index is 0.378. The number of carbonyl (C=O) groups is 1. The molecule has 0 aliphatic carbocycles. The number of carboxylic acids is 1. The zero-order valence-corrected chi connectivity index (χ0v) is 7.36. The summed E-state index contributed by atoms with van der Waals surface area (Å²) >= 11 is 0. The Morgan fingerprint density at radius 1 is 1.42 bits per heavy atom. The molecule has 0 amide bonds. The summed E-state index contributed by atoms with van der Waals surface area (Å²) in [5.41, 5.74) is 0. The Bertz CT molecular complexity index is 109. The number of hydrogen-bond donors (Lipinski definition) is 2. The molecule has 1 unspecified atom stereocenters. The summed E-state index contributed by atoms with van der Waals surface area (Å²) in [4.78, 5) is 10.0. The van der Waals surface area contributed by atoms with Crippen molar-refractivity contribution in [3.8, 4) is 0 Å². The van der Waals surface area contributed by atoms with Crippen molar-refractivity contribution in [3.63, 3.8) is 0 Å². The van der Waals surface area contributed by atoms with Gasteiger partial charge in [-0.3, -0.25) is 0 Å². The molecule has 0 aromatic heterocycles. The lowest BCUT2D eigenvalue weighted by molar-refractivity contribution is -0.146. The lowest BCUT2D eigenvalue weighted by Gasteiger charge is -2.02. The Morgan fingerprint density at radius 2 is 1.92 bits per heavy atom. The molecule has 0 aromatic rings. The molecule has 3 nitrogen and oxygen atoms in total. The summed E-state index contributed by atoms with van der Waals surface area (Å²) < 4.78 is 0. The van der Waals surface area contributed by atoms with Gasteiger partial charge in [0.25, 0.3) is 0 Å². The van der Waals surface area contributed by atoms with Gasteiger partial charge >= 0.3 is 5.97 Å². The van der Waals surface area contributed by atoms with Crippen LogP contribution in [0.4, 0.5) is 0 Å². The maximum atomic E-state index is 10.0. The SMILES string of the molecule is CCCCCC(O)C(=O)O.[B][B]. The van der Waals surface area contributed by atoms with Crippen LogP contribution < -0.4 is 0 Å². The van der Waals surface area contributed by atoms with Crippen molar-refractivity contribution in [2.75, 3.05) is 0 Å². The van der Waals surface area contributed by atoms with Crippen molar-refractivity contribution in [2.45, 2.75) is 38.7 Å². The quantitative estimate of drug-likeness (QED) is 0.456. The van der Waals surface area contributed by atoms with Gasteiger partial charge in [0, 0.05) is 15.5 Å². The number of aliphatic hydroxyl groups is 1. The molecule has 0 aromatic carbocycles. The molecule has 0 saturated carbocycles. The number of unbranched alkanes of at least 4 members (excludes halogenated alkanes) is 2. The third kappa shape index (κ3) is 9.56. The van der Waals surface area contributed by atoms with E-state index in [0.29, 0.717) is 6.42 Å². The van der Waals surface area contributed by atoms with E-state index in [1.165, 1.54) is 0 Å². The topological polar surface area (TPSA) is 57.5 Å². The van der Waals surface area contributed by atoms with Crippen molar-refractivity contribution in [3.05, 3.63) is 0 Å². The zero-order chi connectivity index (χ0) is 9.98. The third-order valence-corrected chi connectivity index (χ3v) is 1.37. The number of aliphatic hydroxyl groups excluding tert-OH is 1. The first-order valence-corrected chi connectivity index (χ1v) is 3.92. The van der Waals surface area contributed by atoms with Crippen LogP contribution in [0, 0.1) is 0 Å². The van der Waals surface area contributed by atoms with Gasteiger partial charge in [0.1, 0.15) is 0 Å². The fourth-order valence-electron chi connectivity index (χ4n) is 0.711. The van der Waals surface area contributed by atoms with E-state index < -0.39 is 12.1 Å². The predicted octanol–water partition coefficient (Wildman–Crippen LogP) is 0.251.